The van der Waals surface area contributed by atoms with Gasteiger partial charge in [-0.1, -0.05) is 0 Å². The highest BCUT2D eigenvalue weighted by molar-refractivity contribution is 6.28. The average molecular weight is 331 g/mol. The molecule has 4 N–H and O–H groups in total. The molecule has 1 aromatic heterocycles. The maximum absolute atomic E-state index is 9.67. The predicted octanol–water partition coefficient (Wildman–Crippen LogP) is 3.17. The first-order valence-corrected chi connectivity index (χ1v) is 7.40. The lowest BCUT2D eigenvalue weighted by atomic mass is 10.2. The van der Waals surface area contributed by atoms with Crippen LogP contribution in [0.15, 0.2) is 41.4 Å². The van der Waals surface area contributed by atoms with Crippen molar-refractivity contribution in [1.29, 1.82) is 0 Å². The summed E-state index contributed by atoms with van der Waals surface area (Å²) in [4.78, 5) is 12.0. The Kier molecular flexibility index (Phi) is 4.08. The van der Waals surface area contributed by atoms with E-state index in [0.717, 1.165) is 16.6 Å². The Morgan fingerprint density at radius 1 is 1.35 bits per heavy atom. The van der Waals surface area contributed by atoms with Crippen molar-refractivity contribution in [3.8, 4) is 22.9 Å². The number of imidazole rings is 1. The number of aromatic hydroxyl groups is 1. The summed E-state index contributed by atoms with van der Waals surface area (Å²) in [7, 11) is 1.50. The van der Waals surface area contributed by atoms with Crippen LogP contribution in [0.4, 0.5) is 5.69 Å². The Hall–Kier alpha value is -2.73. The molecule has 2 aromatic carbocycles. The van der Waals surface area contributed by atoms with Crippen LogP contribution in [0.1, 0.15) is 0 Å². The number of aromatic nitrogens is 2. The van der Waals surface area contributed by atoms with Crippen molar-refractivity contribution in [2.24, 2.45) is 10.7 Å². The minimum atomic E-state index is 0.0838. The first-order chi connectivity index (χ1) is 11.1. The fraction of sp³-hybridized carbons (Fsp3) is 0.125. The van der Waals surface area contributed by atoms with E-state index in [-0.39, 0.29) is 11.6 Å². The Bertz CT molecular complexity index is 889. The number of rotatable bonds is 4. The van der Waals surface area contributed by atoms with Gasteiger partial charge >= 0.3 is 0 Å². The smallest absolute Gasteiger partial charge is 0.161 e. The topological polar surface area (TPSA) is 96.5 Å². The average Bonchev–Trinajstić information content (AvgIpc) is 2.98. The number of benzene rings is 2. The molecule has 0 bridgehead atoms. The highest BCUT2D eigenvalue weighted by Crippen LogP contribution is 2.31. The zero-order valence-corrected chi connectivity index (χ0v) is 13.1. The van der Waals surface area contributed by atoms with E-state index in [0.29, 0.717) is 23.1 Å². The molecular weight excluding hydrogens is 316 g/mol. The fourth-order valence-corrected chi connectivity index (χ4v) is 2.28. The van der Waals surface area contributed by atoms with Crippen molar-refractivity contribution < 1.29 is 9.84 Å². The number of hydrogen-bond acceptors (Lipinski definition) is 4. The van der Waals surface area contributed by atoms with Crippen LogP contribution in [-0.4, -0.2) is 33.9 Å². The van der Waals surface area contributed by atoms with Gasteiger partial charge in [0.25, 0.3) is 0 Å². The number of alkyl halides is 1. The molecule has 6 nitrogen and oxygen atoms in total. The van der Waals surface area contributed by atoms with E-state index in [1.54, 1.807) is 18.2 Å². The lowest BCUT2D eigenvalue weighted by Gasteiger charge is -2.04. The molecule has 0 spiro atoms. The molecule has 0 aliphatic rings. The highest BCUT2D eigenvalue weighted by atomic mass is 35.5. The molecule has 0 atom stereocenters. The maximum atomic E-state index is 9.67. The largest absolute Gasteiger partial charge is 0.504 e. The molecule has 0 fully saturated rings. The molecule has 23 heavy (non-hydrogen) atoms. The Morgan fingerprint density at radius 2 is 2.17 bits per heavy atom. The van der Waals surface area contributed by atoms with E-state index in [4.69, 9.17) is 22.1 Å². The molecule has 3 rings (SSSR count). The van der Waals surface area contributed by atoms with Crippen LogP contribution in [0.25, 0.3) is 22.4 Å². The summed E-state index contributed by atoms with van der Waals surface area (Å²) in [6.45, 7) is 0. The first-order valence-electron chi connectivity index (χ1n) is 6.87. The molecule has 0 aliphatic carbocycles. The molecule has 0 saturated heterocycles. The summed E-state index contributed by atoms with van der Waals surface area (Å²) in [5, 5.41) is 9.67. The summed E-state index contributed by atoms with van der Waals surface area (Å²) in [6, 6.07) is 10.6. The van der Waals surface area contributed by atoms with Crippen molar-refractivity contribution in [2.45, 2.75) is 0 Å². The second kappa shape index (κ2) is 6.18. The number of phenols is 1. The van der Waals surface area contributed by atoms with Crippen LogP contribution in [0.3, 0.4) is 0 Å². The molecule has 0 radical (unpaired) electrons. The molecule has 0 aliphatic heterocycles. The number of hydrogen-bond donors (Lipinski definition) is 3. The number of nitrogens with two attached hydrogens (primary N) is 1. The van der Waals surface area contributed by atoms with Crippen LogP contribution in [-0.2, 0) is 0 Å². The molecular formula is C16H15ClN4O2. The van der Waals surface area contributed by atoms with Crippen molar-refractivity contribution in [3.63, 3.8) is 0 Å². The van der Waals surface area contributed by atoms with E-state index < -0.39 is 0 Å². The zero-order valence-electron chi connectivity index (χ0n) is 12.4. The molecule has 0 saturated carbocycles. The third kappa shape index (κ3) is 3.07. The van der Waals surface area contributed by atoms with E-state index in [1.165, 1.54) is 7.11 Å². The van der Waals surface area contributed by atoms with Crippen LogP contribution < -0.4 is 10.5 Å². The molecule has 3 aromatic rings. The fourth-order valence-electron chi connectivity index (χ4n) is 2.22. The first kappa shape index (κ1) is 15.2. The summed E-state index contributed by atoms with van der Waals surface area (Å²) < 4.78 is 5.12. The Morgan fingerprint density at radius 3 is 2.91 bits per heavy atom. The number of nitrogens with zero attached hydrogens (tertiary/aromatic N) is 2. The quantitative estimate of drug-likeness (QED) is 0.389. The lowest BCUT2D eigenvalue weighted by Crippen LogP contribution is -2.12. The summed E-state index contributed by atoms with van der Waals surface area (Å²) in [6.07, 6.45) is 0. The number of halogens is 1. The molecule has 7 heteroatoms. The highest BCUT2D eigenvalue weighted by Gasteiger charge is 2.09. The third-order valence-corrected chi connectivity index (χ3v) is 3.60. The van der Waals surface area contributed by atoms with Gasteiger partial charge in [-0.15, -0.1) is 11.6 Å². The SMILES string of the molecule is COc1cc(-c2nc3ccc(N=C(N)CCl)cc3[nH]2)ccc1O. The van der Waals surface area contributed by atoms with Gasteiger partial charge in [-0.05, 0) is 36.4 Å². The Labute approximate surface area is 137 Å². The number of aromatic amines is 1. The summed E-state index contributed by atoms with van der Waals surface area (Å²) in [5.41, 5.74) is 8.79. The minimum Gasteiger partial charge on any atom is -0.504 e. The van der Waals surface area contributed by atoms with E-state index in [9.17, 15) is 5.11 Å². The van der Waals surface area contributed by atoms with Gasteiger partial charge in [0.1, 0.15) is 11.7 Å². The number of aliphatic imine (C=N–C) groups is 1. The second-order valence-corrected chi connectivity index (χ2v) is 5.18. The number of ether oxygens (including phenoxy) is 1. The molecule has 0 amide bonds. The van der Waals surface area contributed by atoms with Crippen LogP contribution in [0, 0.1) is 0 Å². The molecule has 118 valence electrons. The third-order valence-electron chi connectivity index (χ3n) is 3.33. The minimum absolute atomic E-state index is 0.0838. The van der Waals surface area contributed by atoms with E-state index in [1.807, 2.05) is 18.2 Å². The van der Waals surface area contributed by atoms with Crippen molar-refractivity contribution in [3.05, 3.63) is 36.4 Å². The van der Waals surface area contributed by atoms with Crippen LogP contribution >= 0.6 is 11.6 Å². The zero-order chi connectivity index (χ0) is 16.4. The van der Waals surface area contributed by atoms with Gasteiger partial charge in [0, 0.05) is 5.56 Å². The van der Waals surface area contributed by atoms with Crippen LogP contribution in [0.5, 0.6) is 11.5 Å². The molecule has 1 heterocycles. The van der Waals surface area contributed by atoms with Crippen molar-refractivity contribution in [1.82, 2.24) is 9.97 Å². The van der Waals surface area contributed by atoms with Crippen molar-refractivity contribution in [2.75, 3.05) is 13.0 Å². The number of methoxy groups -OCH3 is 1. The predicted molar refractivity (Wildman–Crippen MR) is 91.7 cm³/mol. The Balaban J connectivity index is 2.03. The van der Waals surface area contributed by atoms with Gasteiger partial charge in [0.2, 0.25) is 0 Å². The van der Waals surface area contributed by atoms with Gasteiger partial charge in [-0.25, -0.2) is 9.98 Å². The monoisotopic (exact) mass is 330 g/mol. The number of H-pyrrole nitrogens is 1. The van der Waals surface area contributed by atoms with Gasteiger partial charge in [-0.3, -0.25) is 0 Å². The summed E-state index contributed by atoms with van der Waals surface area (Å²) in [5.74, 6) is 1.68. The maximum Gasteiger partial charge on any atom is 0.161 e. The second-order valence-electron chi connectivity index (χ2n) is 4.91. The van der Waals surface area contributed by atoms with Gasteiger partial charge in [-0.2, -0.15) is 0 Å². The normalized spacial score (nSPS) is 11.8. The number of fused-ring (bicyclic) bond motifs is 1. The lowest BCUT2D eigenvalue weighted by molar-refractivity contribution is 0.373. The summed E-state index contributed by atoms with van der Waals surface area (Å²) >= 11 is 5.64. The standard InChI is InChI=1S/C16H15ClN4O2/c1-23-14-6-9(2-5-13(14)22)16-20-11-4-3-10(7-12(11)21-16)19-15(18)8-17/h2-7,22H,8H2,1H3,(H2,18,19)(H,20,21). The number of amidine groups is 1. The van der Waals surface area contributed by atoms with Crippen molar-refractivity contribution >= 4 is 34.2 Å². The van der Waals surface area contributed by atoms with E-state index in [2.05, 4.69) is 15.0 Å². The van der Waals surface area contributed by atoms with E-state index >= 15 is 0 Å². The number of phenolic OH excluding ortho intramolecular Hbond substituents is 1. The van der Waals surface area contributed by atoms with Gasteiger partial charge in [0.15, 0.2) is 11.5 Å². The number of nitrogens with one attached hydrogen (secondary N) is 1. The van der Waals surface area contributed by atoms with Crippen LogP contribution in [0.2, 0.25) is 0 Å². The van der Waals surface area contributed by atoms with Gasteiger partial charge < -0.3 is 20.6 Å². The molecule has 0 unspecified atom stereocenters. The van der Waals surface area contributed by atoms with Gasteiger partial charge in [0.05, 0.1) is 29.7 Å².